The van der Waals surface area contributed by atoms with Gasteiger partial charge in [0.15, 0.2) is 0 Å². The van der Waals surface area contributed by atoms with E-state index in [2.05, 4.69) is 31.1 Å². The molecular formula is C12H21N3O. The summed E-state index contributed by atoms with van der Waals surface area (Å²) in [6.45, 7) is 6.86. The van der Waals surface area contributed by atoms with Crippen LogP contribution >= 0.6 is 0 Å². The van der Waals surface area contributed by atoms with Crippen molar-refractivity contribution in [2.75, 3.05) is 12.3 Å². The number of anilines is 1. The Hall–Kier alpha value is -1.13. The molecule has 0 aromatic carbocycles. The van der Waals surface area contributed by atoms with Crippen molar-refractivity contribution in [3.8, 4) is 0 Å². The van der Waals surface area contributed by atoms with E-state index >= 15 is 0 Å². The van der Waals surface area contributed by atoms with Gasteiger partial charge >= 0.3 is 0 Å². The summed E-state index contributed by atoms with van der Waals surface area (Å²) in [7, 11) is 0. The number of β-amino-alcohol motifs (C(OH)–C–C–N with tert-alkyl or cyclic N) is 1. The summed E-state index contributed by atoms with van der Waals surface area (Å²) in [5, 5.41) is 13.2. The molecule has 0 aliphatic rings. The highest BCUT2D eigenvalue weighted by Crippen LogP contribution is 2.14. The standard InChI is InChI=1S/C12H21N3O/c1-4-12(2,3)15-8-10(16)9-5-6-11(13)14-7-9/h5-7,10,15-16H,4,8H2,1-3H3,(H2,13,14). The van der Waals surface area contributed by atoms with Crippen LogP contribution in [0, 0.1) is 0 Å². The van der Waals surface area contributed by atoms with Crippen LogP contribution in [0.1, 0.15) is 38.9 Å². The number of aromatic nitrogens is 1. The molecule has 0 amide bonds. The Labute approximate surface area is 96.9 Å². The van der Waals surface area contributed by atoms with E-state index in [0.717, 1.165) is 12.0 Å². The SMILES string of the molecule is CCC(C)(C)NCC(O)c1ccc(N)nc1. The first-order chi connectivity index (χ1) is 7.44. The molecule has 0 saturated carbocycles. The van der Waals surface area contributed by atoms with Crippen LogP contribution in [-0.4, -0.2) is 22.2 Å². The molecule has 90 valence electrons. The molecule has 4 heteroatoms. The Kier molecular flexibility index (Phi) is 4.26. The number of pyridine rings is 1. The van der Waals surface area contributed by atoms with Crippen molar-refractivity contribution < 1.29 is 5.11 Å². The van der Waals surface area contributed by atoms with E-state index in [9.17, 15) is 5.11 Å². The number of nitrogens with zero attached hydrogens (tertiary/aromatic N) is 1. The van der Waals surface area contributed by atoms with Gasteiger partial charge in [0.1, 0.15) is 5.82 Å². The molecule has 1 rings (SSSR count). The minimum Gasteiger partial charge on any atom is -0.387 e. The lowest BCUT2D eigenvalue weighted by atomic mass is 10.0. The Morgan fingerprint density at radius 1 is 1.50 bits per heavy atom. The smallest absolute Gasteiger partial charge is 0.123 e. The van der Waals surface area contributed by atoms with Crippen LogP contribution in [0.3, 0.4) is 0 Å². The maximum absolute atomic E-state index is 9.93. The van der Waals surface area contributed by atoms with Crippen LogP contribution in [-0.2, 0) is 0 Å². The molecule has 0 aliphatic heterocycles. The third kappa shape index (κ3) is 3.79. The normalized spacial score (nSPS) is 13.8. The first kappa shape index (κ1) is 12.9. The Bertz CT molecular complexity index is 322. The fourth-order valence-electron chi connectivity index (χ4n) is 1.23. The van der Waals surface area contributed by atoms with Crippen molar-refractivity contribution in [3.63, 3.8) is 0 Å². The Morgan fingerprint density at radius 2 is 2.19 bits per heavy atom. The quantitative estimate of drug-likeness (QED) is 0.707. The van der Waals surface area contributed by atoms with Crippen molar-refractivity contribution in [2.24, 2.45) is 0 Å². The van der Waals surface area contributed by atoms with Gasteiger partial charge < -0.3 is 16.2 Å². The molecule has 0 spiro atoms. The third-order valence-corrected chi connectivity index (χ3v) is 2.85. The highest BCUT2D eigenvalue weighted by molar-refractivity contribution is 5.30. The number of nitrogen functional groups attached to an aromatic ring is 1. The van der Waals surface area contributed by atoms with E-state index in [0.29, 0.717) is 12.4 Å². The second-order valence-electron chi connectivity index (χ2n) is 4.65. The molecule has 4 N–H and O–H groups in total. The van der Waals surface area contributed by atoms with E-state index in [4.69, 9.17) is 5.73 Å². The summed E-state index contributed by atoms with van der Waals surface area (Å²) >= 11 is 0. The first-order valence-electron chi connectivity index (χ1n) is 5.59. The van der Waals surface area contributed by atoms with Crippen LogP contribution in [0.15, 0.2) is 18.3 Å². The van der Waals surface area contributed by atoms with E-state index in [1.807, 2.05) is 0 Å². The first-order valence-corrected chi connectivity index (χ1v) is 5.59. The monoisotopic (exact) mass is 223 g/mol. The summed E-state index contributed by atoms with van der Waals surface area (Å²) in [4.78, 5) is 3.95. The van der Waals surface area contributed by atoms with Crippen LogP contribution in [0.4, 0.5) is 5.82 Å². The van der Waals surface area contributed by atoms with Gasteiger partial charge in [0.25, 0.3) is 0 Å². The van der Waals surface area contributed by atoms with Gasteiger partial charge in [-0.05, 0) is 26.3 Å². The van der Waals surface area contributed by atoms with Gasteiger partial charge in [-0.15, -0.1) is 0 Å². The van der Waals surface area contributed by atoms with Gasteiger partial charge in [-0.3, -0.25) is 0 Å². The minimum absolute atomic E-state index is 0.0439. The van der Waals surface area contributed by atoms with Crippen molar-refractivity contribution >= 4 is 5.82 Å². The Balaban J connectivity index is 2.53. The molecular weight excluding hydrogens is 202 g/mol. The number of aliphatic hydroxyl groups excluding tert-OH is 1. The summed E-state index contributed by atoms with van der Waals surface area (Å²) in [5.41, 5.74) is 6.31. The second-order valence-corrected chi connectivity index (χ2v) is 4.65. The summed E-state index contributed by atoms with van der Waals surface area (Å²) < 4.78 is 0. The Morgan fingerprint density at radius 3 is 2.69 bits per heavy atom. The lowest BCUT2D eigenvalue weighted by Gasteiger charge is -2.26. The lowest BCUT2D eigenvalue weighted by molar-refractivity contribution is 0.160. The maximum Gasteiger partial charge on any atom is 0.123 e. The molecule has 0 saturated heterocycles. The lowest BCUT2D eigenvalue weighted by Crippen LogP contribution is -2.40. The average Bonchev–Trinajstić information content (AvgIpc) is 2.27. The fourth-order valence-corrected chi connectivity index (χ4v) is 1.23. The number of hydrogen-bond acceptors (Lipinski definition) is 4. The molecule has 4 nitrogen and oxygen atoms in total. The van der Waals surface area contributed by atoms with Crippen molar-refractivity contribution in [1.82, 2.24) is 10.3 Å². The number of rotatable bonds is 5. The molecule has 0 radical (unpaired) electrons. The molecule has 1 unspecified atom stereocenters. The second kappa shape index (κ2) is 5.27. The molecule has 0 aliphatic carbocycles. The fraction of sp³-hybridized carbons (Fsp3) is 0.583. The molecule has 0 fully saturated rings. The van der Waals surface area contributed by atoms with E-state index in [1.165, 1.54) is 0 Å². The van der Waals surface area contributed by atoms with Gasteiger partial charge in [0.2, 0.25) is 0 Å². The van der Waals surface area contributed by atoms with Crippen molar-refractivity contribution in [3.05, 3.63) is 23.9 Å². The van der Waals surface area contributed by atoms with Crippen molar-refractivity contribution in [2.45, 2.75) is 38.8 Å². The minimum atomic E-state index is -0.543. The van der Waals surface area contributed by atoms with Crippen LogP contribution in [0.5, 0.6) is 0 Å². The average molecular weight is 223 g/mol. The zero-order valence-electron chi connectivity index (χ0n) is 10.2. The number of nitrogens with two attached hydrogens (primary N) is 1. The molecule has 1 atom stereocenters. The van der Waals surface area contributed by atoms with Crippen LogP contribution < -0.4 is 11.1 Å². The predicted molar refractivity (Wildman–Crippen MR) is 66.0 cm³/mol. The third-order valence-electron chi connectivity index (χ3n) is 2.85. The number of hydrogen-bond donors (Lipinski definition) is 3. The largest absolute Gasteiger partial charge is 0.387 e. The highest BCUT2D eigenvalue weighted by Gasteiger charge is 2.16. The molecule has 1 heterocycles. The predicted octanol–water partition coefficient (Wildman–Crippen LogP) is 1.48. The maximum atomic E-state index is 9.93. The highest BCUT2D eigenvalue weighted by atomic mass is 16.3. The van der Waals surface area contributed by atoms with Gasteiger partial charge in [-0.25, -0.2) is 4.98 Å². The van der Waals surface area contributed by atoms with E-state index in [-0.39, 0.29) is 5.54 Å². The molecule has 0 bridgehead atoms. The van der Waals surface area contributed by atoms with Crippen molar-refractivity contribution in [1.29, 1.82) is 0 Å². The molecule has 1 aromatic heterocycles. The van der Waals surface area contributed by atoms with Gasteiger partial charge in [0, 0.05) is 23.8 Å². The number of nitrogens with one attached hydrogen (secondary N) is 1. The van der Waals surface area contributed by atoms with Crippen LogP contribution in [0.25, 0.3) is 0 Å². The van der Waals surface area contributed by atoms with Crippen LogP contribution in [0.2, 0.25) is 0 Å². The summed E-state index contributed by atoms with van der Waals surface area (Å²) in [6, 6.07) is 3.50. The summed E-state index contributed by atoms with van der Waals surface area (Å²) in [5.74, 6) is 0.470. The summed E-state index contributed by atoms with van der Waals surface area (Å²) in [6.07, 6.45) is 2.08. The number of aliphatic hydroxyl groups is 1. The molecule has 1 aromatic rings. The molecule has 16 heavy (non-hydrogen) atoms. The van der Waals surface area contributed by atoms with E-state index < -0.39 is 6.10 Å². The van der Waals surface area contributed by atoms with Gasteiger partial charge in [-0.2, -0.15) is 0 Å². The van der Waals surface area contributed by atoms with Gasteiger partial charge in [-0.1, -0.05) is 13.0 Å². The van der Waals surface area contributed by atoms with E-state index in [1.54, 1.807) is 18.3 Å². The zero-order valence-corrected chi connectivity index (χ0v) is 10.2. The topological polar surface area (TPSA) is 71.2 Å². The van der Waals surface area contributed by atoms with Gasteiger partial charge in [0.05, 0.1) is 6.10 Å². The zero-order chi connectivity index (χ0) is 12.2.